The molecular weight excluding hydrogens is 376 g/mol. The first kappa shape index (κ1) is 18.4. The molecule has 6 nitrogen and oxygen atoms in total. The van der Waals surface area contributed by atoms with Crippen LogP contribution in [-0.2, 0) is 9.59 Å². The van der Waals surface area contributed by atoms with Gasteiger partial charge in [-0.3, -0.25) is 14.4 Å². The second kappa shape index (κ2) is 7.88. The molecule has 1 aromatic carbocycles. The zero-order valence-electron chi connectivity index (χ0n) is 13.7. The lowest BCUT2D eigenvalue weighted by molar-refractivity contribution is -0.141. The Bertz CT molecular complexity index is 807. The maximum Gasteiger partial charge on any atom is 0.308 e. The number of carbonyl (C=O) groups excluding carboxylic acids is 2. The third-order valence-electron chi connectivity index (χ3n) is 4.43. The molecule has 0 saturated carbocycles. The van der Waals surface area contributed by atoms with E-state index in [4.69, 9.17) is 11.6 Å². The molecule has 0 aliphatic carbocycles. The summed E-state index contributed by atoms with van der Waals surface area (Å²) < 4.78 is 0. The smallest absolute Gasteiger partial charge is 0.308 e. The molecule has 26 heavy (non-hydrogen) atoms. The number of hydrogen-bond donors (Lipinski definition) is 2. The Balaban J connectivity index is 1.65. The summed E-state index contributed by atoms with van der Waals surface area (Å²) in [6.07, 6.45) is 0. The van der Waals surface area contributed by atoms with Gasteiger partial charge in [0.25, 0.3) is 5.91 Å². The van der Waals surface area contributed by atoms with Crippen LogP contribution in [0.4, 0.5) is 0 Å². The van der Waals surface area contributed by atoms with Crippen molar-refractivity contribution in [2.24, 2.45) is 5.92 Å². The van der Waals surface area contributed by atoms with Crippen LogP contribution < -0.4 is 5.32 Å². The van der Waals surface area contributed by atoms with Crippen LogP contribution in [0.5, 0.6) is 0 Å². The molecule has 2 amide bonds. The monoisotopic (exact) mass is 392 g/mol. The summed E-state index contributed by atoms with van der Waals surface area (Å²) in [7, 11) is 0. The van der Waals surface area contributed by atoms with Gasteiger partial charge in [0.05, 0.1) is 17.3 Å². The highest BCUT2D eigenvalue weighted by molar-refractivity contribution is 7.12. The molecule has 1 saturated heterocycles. The molecule has 1 aliphatic rings. The van der Waals surface area contributed by atoms with Gasteiger partial charge in [0.2, 0.25) is 5.91 Å². The zero-order chi connectivity index (χ0) is 18.7. The van der Waals surface area contributed by atoms with Gasteiger partial charge in [-0.1, -0.05) is 29.8 Å². The van der Waals surface area contributed by atoms with Crippen molar-refractivity contribution in [3.63, 3.8) is 0 Å². The highest BCUT2D eigenvalue weighted by Gasteiger charge is 2.40. The van der Waals surface area contributed by atoms with Crippen LogP contribution >= 0.6 is 22.9 Å². The van der Waals surface area contributed by atoms with E-state index >= 15 is 0 Å². The van der Waals surface area contributed by atoms with Crippen LogP contribution in [0.2, 0.25) is 5.02 Å². The summed E-state index contributed by atoms with van der Waals surface area (Å²) in [5.41, 5.74) is 0.833. The van der Waals surface area contributed by atoms with E-state index in [9.17, 15) is 19.5 Å². The van der Waals surface area contributed by atoms with Gasteiger partial charge in [-0.15, -0.1) is 11.3 Å². The molecule has 0 bridgehead atoms. The minimum absolute atomic E-state index is 0.121. The highest BCUT2D eigenvalue weighted by Crippen LogP contribution is 2.33. The van der Waals surface area contributed by atoms with Crippen molar-refractivity contribution < 1.29 is 19.5 Å². The third kappa shape index (κ3) is 4.05. The molecule has 1 fully saturated rings. The molecule has 1 aromatic heterocycles. The minimum Gasteiger partial charge on any atom is -0.481 e. The Kier molecular flexibility index (Phi) is 5.58. The van der Waals surface area contributed by atoms with Crippen LogP contribution in [0, 0.1) is 5.92 Å². The number of rotatable bonds is 5. The van der Waals surface area contributed by atoms with Gasteiger partial charge in [0.1, 0.15) is 0 Å². The summed E-state index contributed by atoms with van der Waals surface area (Å²) in [6.45, 7) is 0.263. The lowest BCUT2D eigenvalue weighted by Crippen LogP contribution is -2.39. The fourth-order valence-corrected chi connectivity index (χ4v) is 3.83. The molecule has 0 unspecified atom stereocenters. The summed E-state index contributed by atoms with van der Waals surface area (Å²) in [5, 5.41) is 14.4. The number of carboxylic acid groups (broad SMARTS) is 1. The first-order chi connectivity index (χ1) is 12.5. The number of amides is 2. The molecular formula is C18H17ClN2O4S. The maximum absolute atomic E-state index is 12.4. The molecule has 2 atom stereocenters. The molecule has 8 heteroatoms. The second-order valence-corrected chi connectivity index (χ2v) is 7.45. The first-order valence-electron chi connectivity index (χ1n) is 8.03. The Morgan fingerprint density at radius 3 is 2.54 bits per heavy atom. The van der Waals surface area contributed by atoms with E-state index in [1.165, 1.54) is 16.2 Å². The van der Waals surface area contributed by atoms with Crippen LogP contribution in [0.25, 0.3) is 0 Å². The Hall–Kier alpha value is -2.38. The summed E-state index contributed by atoms with van der Waals surface area (Å²) in [5.74, 6) is -2.54. The van der Waals surface area contributed by atoms with Crippen molar-refractivity contribution in [3.8, 4) is 0 Å². The molecule has 2 heterocycles. The standard InChI is InChI=1S/C18H17ClN2O4S/c19-12-5-3-11(4-6-12)13-9-21(10-14(13)18(24)25)16(22)8-20-17(23)15-2-1-7-26-15/h1-7,13-14H,8-10H2,(H,20,23)(H,24,25)/t13-,14+/m0/s1. The van der Waals surface area contributed by atoms with Crippen LogP contribution in [-0.4, -0.2) is 47.4 Å². The molecule has 3 rings (SSSR count). The van der Waals surface area contributed by atoms with E-state index < -0.39 is 11.9 Å². The quantitative estimate of drug-likeness (QED) is 0.818. The van der Waals surface area contributed by atoms with Crippen LogP contribution in [0.1, 0.15) is 21.2 Å². The van der Waals surface area contributed by atoms with Gasteiger partial charge < -0.3 is 15.3 Å². The average molecular weight is 393 g/mol. The summed E-state index contributed by atoms with van der Waals surface area (Å²) in [4.78, 5) is 38.0. The molecule has 0 spiro atoms. The Labute approximate surface area is 159 Å². The van der Waals surface area contributed by atoms with Crippen LogP contribution in [0.15, 0.2) is 41.8 Å². The van der Waals surface area contributed by atoms with Gasteiger partial charge in [-0.25, -0.2) is 0 Å². The third-order valence-corrected chi connectivity index (χ3v) is 5.55. The average Bonchev–Trinajstić information content (AvgIpc) is 3.29. The van der Waals surface area contributed by atoms with Gasteiger partial charge in [0, 0.05) is 24.0 Å². The fraction of sp³-hybridized carbons (Fsp3) is 0.278. The van der Waals surface area contributed by atoms with Crippen molar-refractivity contribution in [2.75, 3.05) is 19.6 Å². The zero-order valence-corrected chi connectivity index (χ0v) is 15.3. The second-order valence-electron chi connectivity index (χ2n) is 6.06. The van der Waals surface area contributed by atoms with Crippen molar-refractivity contribution in [1.82, 2.24) is 10.2 Å². The molecule has 2 N–H and O–H groups in total. The number of benzene rings is 1. The van der Waals surface area contributed by atoms with Gasteiger partial charge in [-0.05, 0) is 29.1 Å². The van der Waals surface area contributed by atoms with Crippen molar-refractivity contribution in [1.29, 1.82) is 0 Å². The number of aliphatic carboxylic acids is 1. The minimum atomic E-state index is -0.942. The van der Waals surface area contributed by atoms with Gasteiger partial charge in [0.15, 0.2) is 0 Å². The number of thiophene rings is 1. The lowest BCUT2D eigenvalue weighted by atomic mass is 9.89. The molecule has 136 valence electrons. The number of carbonyl (C=O) groups is 3. The number of nitrogens with zero attached hydrogens (tertiary/aromatic N) is 1. The Morgan fingerprint density at radius 1 is 1.19 bits per heavy atom. The van der Waals surface area contributed by atoms with Crippen molar-refractivity contribution in [2.45, 2.75) is 5.92 Å². The van der Waals surface area contributed by atoms with Gasteiger partial charge >= 0.3 is 5.97 Å². The summed E-state index contributed by atoms with van der Waals surface area (Å²) in [6, 6.07) is 10.4. The molecule has 0 radical (unpaired) electrons. The number of nitrogens with one attached hydrogen (secondary N) is 1. The van der Waals surface area contributed by atoms with E-state index in [2.05, 4.69) is 5.32 Å². The van der Waals surface area contributed by atoms with E-state index in [0.29, 0.717) is 16.4 Å². The van der Waals surface area contributed by atoms with E-state index in [1.54, 1.807) is 41.8 Å². The van der Waals surface area contributed by atoms with Crippen molar-refractivity contribution >= 4 is 40.7 Å². The largest absolute Gasteiger partial charge is 0.481 e. The predicted molar refractivity (Wildman–Crippen MR) is 98.6 cm³/mol. The fourth-order valence-electron chi connectivity index (χ4n) is 3.07. The normalized spacial score (nSPS) is 19.3. The topological polar surface area (TPSA) is 86.7 Å². The number of likely N-dealkylation sites (tertiary alicyclic amines) is 1. The number of halogens is 1. The van der Waals surface area contributed by atoms with E-state index in [1.807, 2.05) is 0 Å². The number of hydrogen-bond acceptors (Lipinski definition) is 4. The predicted octanol–water partition coefficient (Wildman–Crippen LogP) is 2.46. The highest BCUT2D eigenvalue weighted by atomic mass is 35.5. The van der Waals surface area contributed by atoms with Crippen molar-refractivity contribution in [3.05, 3.63) is 57.2 Å². The van der Waals surface area contributed by atoms with E-state index in [0.717, 1.165) is 5.56 Å². The SMILES string of the molecule is O=C(NCC(=O)N1C[C@@H](C(=O)O)[C@H](c2ccc(Cl)cc2)C1)c1cccs1. The van der Waals surface area contributed by atoms with Gasteiger partial charge in [-0.2, -0.15) is 0 Å². The number of carboxylic acids is 1. The Morgan fingerprint density at radius 2 is 1.92 bits per heavy atom. The molecule has 2 aromatic rings. The first-order valence-corrected chi connectivity index (χ1v) is 9.29. The maximum atomic E-state index is 12.4. The molecule has 1 aliphatic heterocycles. The lowest BCUT2D eigenvalue weighted by Gasteiger charge is -2.17. The van der Waals surface area contributed by atoms with Crippen LogP contribution in [0.3, 0.4) is 0 Å². The summed E-state index contributed by atoms with van der Waals surface area (Å²) >= 11 is 7.18. The van der Waals surface area contributed by atoms with E-state index in [-0.39, 0.29) is 30.8 Å².